The Kier molecular flexibility index (Phi) is 2.37. The van der Waals surface area contributed by atoms with E-state index in [0.717, 1.165) is 41.4 Å². The van der Waals surface area contributed by atoms with Crippen molar-refractivity contribution in [3.05, 3.63) is 28.3 Å². The maximum atomic E-state index is 8.15. The highest BCUT2D eigenvalue weighted by molar-refractivity contribution is 9.10. The number of halogens is 1. The van der Waals surface area contributed by atoms with Crippen molar-refractivity contribution in [2.75, 3.05) is 6.61 Å². The van der Waals surface area contributed by atoms with Crippen molar-refractivity contribution in [3.63, 3.8) is 0 Å². The predicted octanol–water partition coefficient (Wildman–Crippen LogP) is 3.81. The normalized spacial score (nSPS) is 22.6. The molecule has 2 heterocycles. The van der Waals surface area contributed by atoms with Crippen molar-refractivity contribution < 1.29 is 7.48 Å². The molecule has 0 bridgehead atoms. The smallest absolute Gasteiger partial charge is 0.150 e. The fourth-order valence-electron chi connectivity index (χ4n) is 2.17. The van der Waals surface area contributed by atoms with Crippen LogP contribution in [0.1, 0.15) is 33.8 Å². The number of fused-ring (bicyclic) bond motifs is 1. The van der Waals surface area contributed by atoms with Crippen LogP contribution in [0, 0.1) is 6.92 Å². The maximum absolute atomic E-state index is 8.15. The summed E-state index contributed by atoms with van der Waals surface area (Å²) < 4.78 is 24.5. The van der Waals surface area contributed by atoms with Crippen molar-refractivity contribution in [2.45, 2.75) is 32.4 Å². The van der Waals surface area contributed by atoms with Crippen LogP contribution >= 0.6 is 15.9 Å². The number of hydrogen-bond acceptors (Lipinski definition) is 2. The third-order valence-corrected chi connectivity index (χ3v) is 3.96. The lowest BCUT2D eigenvalue weighted by atomic mass is 10.1. The fourth-order valence-corrected chi connectivity index (χ4v) is 2.49. The standard InChI is InChI=1S/C13H15BrN2O/c1-9-6-10-8-15-16(12(10)7-11(9)14)13-4-2-3-5-17-13/h6-8,13H,2-5H2,1H3/i6D,8D. The molecule has 1 fully saturated rings. The molecule has 0 amide bonds. The quantitative estimate of drug-likeness (QED) is 0.800. The van der Waals surface area contributed by atoms with Gasteiger partial charge >= 0.3 is 0 Å². The molecular formula is C13H15BrN2O. The van der Waals surface area contributed by atoms with Gasteiger partial charge < -0.3 is 4.74 Å². The van der Waals surface area contributed by atoms with Crippen LogP contribution in [0.4, 0.5) is 0 Å². The van der Waals surface area contributed by atoms with Crippen LogP contribution in [0.2, 0.25) is 0 Å². The minimum atomic E-state index is -0.107. The first-order valence-corrected chi connectivity index (χ1v) is 6.65. The van der Waals surface area contributed by atoms with E-state index in [0.29, 0.717) is 11.4 Å². The van der Waals surface area contributed by atoms with E-state index in [1.54, 1.807) is 4.68 Å². The van der Waals surface area contributed by atoms with Crippen LogP contribution in [0.3, 0.4) is 0 Å². The van der Waals surface area contributed by atoms with E-state index in [1.807, 2.05) is 13.0 Å². The molecule has 3 rings (SSSR count). The van der Waals surface area contributed by atoms with Gasteiger partial charge in [0.1, 0.15) is 0 Å². The van der Waals surface area contributed by atoms with E-state index in [4.69, 9.17) is 7.48 Å². The van der Waals surface area contributed by atoms with Gasteiger partial charge in [-0.1, -0.05) is 15.9 Å². The molecule has 90 valence electrons. The maximum Gasteiger partial charge on any atom is 0.150 e. The molecular weight excluding hydrogens is 280 g/mol. The zero-order valence-corrected chi connectivity index (χ0v) is 11.2. The number of aromatic nitrogens is 2. The van der Waals surface area contributed by atoms with Gasteiger partial charge in [0.25, 0.3) is 0 Å². The zero-order chi connectivity index (χ0) is 13.6. The molecule has 1 aliphatic heterocycles. The lowest BCUT2D eigenvalue weighted by Gasteiger charge is -2.23. The average molecular weight is 297 g/mol. The predicted molar refractivity (Wildman–Crippen MR) is 71.0 cm³/mol. The summed E-state index contributed by atoms with van der Waals surface area (Å²) in [7, 11) is 0. The van der Waals surface area contributed by atoms with Crippen molar-refractivity contribution in [3.8, 4) is 0 Å². The highest BCUT2D eigenvalue weighted by Gasteiger charge is 2.18. The highest BCUT2D eigenvalue weighted by Crippen LogP contribution is 2.29. The summed E-state index contributed by atoms with van der Waals surface area (Å²) >= 11 is 3.47. The van der Waals surface area contributed by atoms with E-state index in [-0.39, 0.29) is 12.4 Å². The molecule has 1 aromatic carbocycles. The molecule has 1 saturated heterocycles. The van der Waals surface area contributed by atoms with Gasteiger partial charge in [0.05, 0.1) is 14.4 Å². The van der Waals surface area contributed by atoms with Gasteiger partial charge in [-0.15, -0.1) is 0 Å². The highest BCUT2D eigenvalue weighted by atomic mass is 79.9. The summed E-state index contributed by atoms with van der Waals surface area (Å²) in [4.78, 5) is 0. The molecule has 1 aliphatic rings. The summed E-state index contributed by atoms with van der Waals surface area (Å²) in [5.74, 6) is 0. The molecule has 1 aromatic heterocycles. The van der Waals surface area contributed by atoms with Crippen LogP contribution in [0.25, 0.3) is 10.9 Å². The molecule has 0 saturated carbocycles. The third-order valence-electron chi connectivity index (χ3n) is 3.14. The Labute approximate surface area is 112 Å². The Morgan fingerprint density at radius 2 is 2.47 bits per heavy atom. The summed E-state index contributed by atoms with van der Waals surface area (Å²) in [6.07, 6.45) is 3.15. The SMILES string of the molecule is [2H]c1nn(C2CCCCO2)c2cc(Br)c(C)c([2H])c12. The van der Waals surface area contributed by atoms with Gasteiger partial charge in [-0.2, -0.15) is 5.10 Å². The van der Waals surface area contributed by atoms with Gasteiger partial charge in [0.15, 0.2) is 6.23 Å². The molecule has 0 spiro atoms. The van der Waals surface area contributed by atoms with E-state index < -0.39 is 0 Å². The summed E-state index contributed by atoms with van der Waals surface area (Å²) in [6, 6.07) is 2.31. The van der Waals surface area contributed by atoms with E-state index in [1.165, 1.54) is 0 Å². The lowest BCUT2D eigenvalue weighted by molar-refractivity contribution is -0.0366. The lowest BCUT2D eigenvalue weighted by Crippen LogP contribution is -2.18. The molecule has 0 N–H and O–H groups in total. The Morgan fingerprint density at radius 3 is 3.24 bits per heavy atom. The minimum Gasteiger partial charge on any atom is -0.356 e. The number of nitrogens with zero attached hydrogens (tertiary/aromatic N) is 2. The molecule has 4 heteroatoms. The average Bonchev–Trinajstić information content (AvgIpc) is 2.74. The van der Waals surface area contributed by atoms with Crippen LogP contribution in [0.5, 0.6) is 0 Å². The zero-order valence-electron chi connectivity index (χ0n) is 11.7. The fraction of sp³-hybridized carbons (Fsp3) is 0.462. The molecule has 0 aliphatic carbocycles. The minimum absolute atomic E-state index is 0.107. The molecule has 17 heavy (non-hydrogen) atoms. The van der Waals surface area contributed by atoms with Gasteiger partial charge in [-0.05, 0) is 43.9 Å². The van der Waals surface area contributed by atoms with Crippen LogP contribution in [-0.2, 0) is 4.74 Å². The number of rotatable bonds is 1. The Hall–Kier alpha value is -0.870. The number of ether oxygens (including phenoxy) is 1. The van der Waals surface area contributed by atoms with Crippen LogP contribution < -0.4 is 0 Å². The third kappa shape index (κ3) is 2.00. The van der Waals surface area contributed by atoms with Crippen molar-refractivity contribution in [1.82, 2.24) is 9.78 Å². The largest absolute Gasteiger partial charge is 0.356 e. The molecule has 3 nitrogen and oxygen atoms in total. The second kappa shape index (κ2) is 4.42. The Balaban J connectivity index is 2.21. The van der Waals surface area contributed by atoms with Gasteiger partial charge in [-0.25, -0.2) is 4.68 Å². The first kappa shape index (κ1) is 9.11. The number of hydrogen-bond donors (Lipinski definition) is 0. The second-order valence-electron chi connectivity index (χ2n) is 4.38. The monoisotopic (exact) mass is 296 g/mol. The topological polar surface area (TPSA) is 27.1 Å². The van der Waals surface area contributed by atoms with Crippen molar-refractivity contribution in [2.24, 2.45) is 0 Å². The Bertz CT molecular complexity index is 635. The molecule has 1 unspecified atom stereocenters. The number of benzene rings is 1. The molecule has 0 radical (unpaired) electrons. The second-order valence-corrected chi connectivity index (χ2v) is 5.23. The van der Waals surface area contributed by atoms with Crippen LogP contribution in [0.15, 0.2) is 22.8 Å². The summed E-state index contributed by atoms with van der Waals surface area (Å²) in [6.45, 7) is 2.61. The summed E-state index contributed by atoms with van der Waals surface area (Å²) in [5, 5.41) is 4.88. The van der Waals surface area contributed by atoms with Gasteiger partial charge in [0.2, 0.25) is 0 Å². The Morgan fingerprint density at radius 1 is 1.59 bits per heavy atom. The van der Waals surface area contributed by atoms with Gasteiger partial charge in [-0.3, -0.25) is 0 Å². The van der Waals surface area contributed by atoms with Crippen molar-refractivity contribution >= 4 is 26.8 Å². The first-order chi connectivity index (χ1) is 9.09. The van der Waals surface area contributed by atoms with Crippen molar-refractivity contribution in [1.29, 1.82) is 0 Å². The molecule has 2 aromatic rings. The van der Waals surface area contributed by atoms with E-state index >= 15 is 0 Å². The van der Waals surface area contributed by atoms with Gasteiger partial charge in [0, 0.05) is 16.5 Å². The first-order valence-electron chi connectivity index (χ1n) is 6.85. The summed E-state index contributed by atoms with van der Waals surface area (Å²) in [5.41, 5.74) is 1.64. The molecule has 1 atom stereocenters. The van der Waals surface area contributed by atoms with E-state index in [9.17, 15) is 0 Å². The van der Waals surface area contributed by atoms with E-state index in [2.05, 4.69) is 21.0 Å². The van der Waals surface area contributed by atoms with Crippen LogP contribution in [-0.4, -0.2) is 16.4 Å².